The summed E-state index contributed by atoms with van der Waals surface area (Å²) in [5, 5.41) is 2.83. The second-order valence-electron chi connectivity index (χ2n) is 9.78. The summed E-state index contributed by atoms with van der Waals surface area (Å²) in [7, 11) is -3.73. The summed E-state index contributed by atoms with van der Waals surface area (Å²) in [6, 6.07) is 20.2. The van der Waals surface area contributed by atoms with E-state index < -0.39 is 21.7 Å². The van der Waals surface area contributed by atoms with Gasteiger partial charge in [-0.2, -0.15) is 4.31 Å². The third kappa shape index (κ3) is 7.30. The number of hydrogen-bond donors (Lipinski definition) is 1. The van der Waals surface area contributed by atoms with Crippen LogP contribution in [0.1, 0.15) is 43.1 Å². The summed E-state index contributed by atoms with van der Waals surface area (Å²) in [5.41, 5.74) is 1.93. The largest absolute Gasteiger partial charge is 0.489 e. The normalized spacial score (nSPS) is 16.5. The number of nitrogens with zero attached hydrogens (tertiary/aromatic N) is 2. The molecule has 0 spiro atoms. The lowest BCUT2D eigenvalue weighted by molar-refractivity contribution is -0.121. The molecule has 0 saturated carbocycles. The summed E-state index contributed by atoms with van der Waals surface area (Å²) in [5.74, 6) is 0.811. The smallest absolute Gasteiger partial charge is 0.235 e. The fourth-order valence-electron chi connectivity index (χ4n) is 4.41. The molecule has 37 heavy (non-hydrogen) atoms. The molecule has 1 aromatic heterocycles. The molecule has 8 nitrogen and oxygen atoms in total. The highest BCUT2D eigenvalue weighted by Crippen LogP contribution is 2.44. The van der Waals surface area contributed by atoms with E-state index in [9.17, 15) is 13.2 Å². The fourth-order valence-corrected chi connectivity index (χ4v) is 5.42. The van der Waals surface area contributed by atoms with Crippen LogP contribution in [0.3, 0.4) is 0 Å². The average molecular weight is 524 g/mol. The van der Waals surface area contributed by atoms with Crippen LogP contribution in [0.15, 0.2) is 72.9 Å². The quantitative estimate of drug-likeness (QED) is 0.433. The van der Waals surface area contributed by atoms with Gasteiger partial charge in [-0.25, -0.2) is 8.42 Å². The van der Waals surface area contributed by atoms with Gasteiger partial charge in [-0.1, -0.05) is 36.4 Å². The van der Waals surface area contributed by atoms with E-state index in [0.29, 0.717) is 43.1 Å². The van der Waals surface area contributed by atoms with Crippen LogP contribution in [-0.2, 0) is 27.8 Å². The SMILES string of the molecule is CC1(C)CC(N(CC(=O)NCCc2ccccn2)S(C)(=O)=O)c2cc(OCc3ccccc3)ccc2O1. The zero-order valence-electron chi connectivity index (χ0n) is 21.4. The number of hydrogen-bond acceptors (Lipinski definition) is 6. The lowest BCUT2D eigenvalue weighted by Crippen LogP contribution is -2.47. The van der Waals surface area contributed by atoms with Crippen LogP contribution in [0.5, 0.6) is 11.5 Å². The fraction of sp³-hybridized carbons (Fsp3) is 0.357. The first-order valence-corrected chi connectivity index (χ1v) is 14.1. The minimum atomic E-state index is -3.73. The molecular weight excluding hydrogens is 490 g/mol. The van der Waals surface area contributed by atoms with Crippen LogP contribution in [0.4, 0.5) is 0 Å². The summed E-state index contributed by atoms with van der Waals surface area (Å²) in [6.07, 6.45) is 3.77. The van der Waals surface area contributed by atoms with Crippen LogP contribution in [-0.4, -0.2) is 48.6 Å². The number of amides is 1. The molecule has 0 saturated heterocycles. The van der Waals surface area contributed by atoms with Gasteiger partial charge in [0.15, 0.2) is 0 Å². The molecule has 0 aliphatic carbocycles. The molecule has 1 unspecified atom stereocenters. The van der Waals surface area contributed by atoms with Crippen molar-refractivity contribution in [2.45, 2.75) is 44.9 Å². The van der Waals surface area contributed by atoms with Crippen LogP contribution >= 0.6 is 0 Å². The van der Waals surface area contributed by atoms with Crippen molar-refractivity contribution >= 4 is 15.9 Å². The number of pyridine rings is 1. The number of rotatable bonds is 10. The van der Waals surface area contributed by atoms with Gasteiger partial charge in [-0.15, -0.1) is 0 Å². The lowest BCUT2D eigenvalue weighted by atomic mass is 9.89. The number of benzene rings is 2. The average Bonchev–Trinajstić information content (AvgIpc) is 2.86. The van der Waals surface area contributed by atoms with Crippen molar-refractivity contribution in [3.8, 4) is 11.5 Å². The van der Waals surface area contributed by atoms with E-state index in [0.717, 1.165) is 17.5 Å². The zero-order valence-corrected chi connectivity index (χ0v) is 22.2. The zero-order chi connectivity index (χ0) is 26.5. The van der Waals surface area contributed by atoms with Gasteiger partial charge in [0.2, 0.25) is 15.9 Å². The van der Waals surface area contributed by atoms with Crippen molar-refractivity contribution in [2.24, 2.45) is 0 Å². The standard InChI is InChI=1S/C28H33N3O5S/c1-28(2)18-25(24-17-23(12-13-26(24)36-28)35-20-21-9-5-4-6-10-21)31(37(3,33)34)19-27(32)30-16-14-22-11-7-8-15-29-22/h4-13,15,17,25H,14,16,18-20H2,1-3H3,(H,30,32). The molecule has 2 aromatic carbocycles. The molecule has 0 radical (unpaired) electrons. The van der Waals surface area contributed by atoms with Gasteiger partial charge in [0, 0.05) is 36.8 Å². The molecule has 1 aliphatic heterocycles. The molecule has 9 heteroatoms. The molecule has 1 N–H and O–H groups in total. The van der Waals surface area contributed by atoms with Gasteiger partial charge in [0.05, 0.1) is 18.8 Å². The predicted molar refractivity (Wildman–Crippen MR) is 142 cm³/mol. The van der Waals surface area contributed by atoms with Crippen molar-refractivity contribution in [1.82, 2.24) is 14.6 Å². The van der Waals surface area contributed by atoms with Gasteiger partial charge >= 0.3 is 0 Å². The van der Waals surface area contributed by atoms with Crippen molar-refractivity contribution in [1.29, 1.82) is 0 Å². The third-order valence-electron chi connectivity index (χ3n) is 6.16. The Bertz CT molecular complexity index is 1310. The Hall–Kier alpha value is -3.43. The molecule has 1 amide bonds. The van der Waals surface area contributed by atoms with Crippen LogP contribution in [0, 0.1) is 0 Å². The first-order chi connectivity index (χ1) is 17.6. The van der Waals surface area contributed by atoms with E-state index >= 15 is 0 Å². The first-order valence-electron chi connectivity index (χ1n) is 12.2. The van der Waals surface area contributed by atoms with Crippen molar-refractivity contribution in [2.75, 3.05) is 19.3 Å². The number of nitrogens with one attached hydrogen (secondary N) is 1. The minimum Gasteiger partial charge on any atom is -0.489 e. The van der Waals surface area contributed by atoms with E-state index in [4.69, 9.17) is 9.47 Å². The maximum absolute atomic E-state index is 12.9. The second-order valence-corrected chi connectivity index (χ2v) is 11.7. The Morgan fingerprint density at radius 3 is 2.59 bits per heavy atom. The van der Waals surface area contributed by atoms with E-state index in [1.54, 1.807) is 12.3 Å². The number of sulfonamides is 1. The minimum absolute atomic E-state index is 0.295. The molecule has 196 valence electrons. The highest BCUT2D eigenvalue weighted by molar-refractivity contribution is 7.88. The summed E-state index contributed by atoms with van der Waals surface area (Å²) >= 11 is 0. The van der Waals surface area contributed by atoms with E-state index in [1.165, 1.54) is 4.31 Å². The highest BCUT2D eigenvalue weighted by atomic mass is 32.2. The van der Waals surface area contributed by atoms with Gasteiger partial charge in [0.1, 0.15) is 23.7 Å². The van der Waals surface area contributed by atoms with E-state index in [2.05, 4.69) is 10.3 Å². The van der Waals surface area contributed by atoms with Crippen LogP contribution in [0.25, 0.3) is 0 Å². The first kappa shape index (κ1) is 26.6. The number of ether oxygens (including phenoxy) is 2. The van der Waals surface area contributed by atoms with Gasteiger partial charge in [0.25, 0.3) is 0 Å². The Balaban J connectivity index is 1.53. The third-order valence-corrected chi connectivity index (χ3v) is 7.40. The summed E-state index contributed by atoms with van der Waals surface area (Å²) < 4.78 is 39.3. The Labute approximate surface area is 218 Å². The van der Waals surface area contributed by atoms with Gasteiger partial charge in [-0.05, 0) is 49.7 Å². The lowest BCUT2D eigenvalue weighted by Gasteiger charge is -2.41. The van der Waals surface area contributed by atoms with E-state index in [-0.39, 0.29) is 12.5 Å². The molecular formula is C28H33N3O5S. The molecule has 4 rings (SSSR count). The molecule has 3 aromatic rings. The molecule has 2 heterocycles. The summed E-state index contributed by atoms with van der Waals surface area (Å²) in [4.78, 5) is 17.1. The molecule has 0 bridgehead atoms. The number of aromatic nitrogens is 1. The molecule has 1 atom stereocenters. The maximum atomic E-state index is 12.9. The molecule has 0 fully saturated rings. The Morgan fingerprint density at radius 2 is 1.89 bits per heavy atom. The van der Waals surface area contributed by atoms with E-state index in [1.807, 2.05) is 74.5 Å². The monoisotopic (exact) mass is 523 g/mol. The Morgan fingerprint density at radius 1 is 1.14 bits per heavy atom. The van der Waals surface area contributed by atoms with Crippen molar-refractivity contribution in [3.05, 3.63) is 89.7 Å². The number of carbonyl (C=O) groups excluding carboxylic acids is 1. The highest BCUT2D eigenvalue weighted by Gasteiger charge is 2.41. The van der Waals surface area contributed by atoms with Gasteiger partial charge < -0.3 is 14.8 Å². The summed E-state index contributed by atoms with van der Waals surface area (Å²) in [6.45, 7) is 4.27. The van der Waals surface area contributed by atoms with Crippen molar-refractivity contribution in [3.63, 3.8) is 0 Å². The topological polar surface area (TPSA) is 97.8 Å². The van der Waals surface area contributed by atoms with Gasteiger partial charge in [-0.3, -0.25) is 9.78 Å². The Kier molecular flexibility index (Phi) is 8.14. The van der Waals surface area contributed by atoms with Crippen molar-refractivity contribution < 1.29 is 22.7 Å². The maximum Gasteiger partial charge on any atom is 0.235 e. The predicted octanol–water partition coefficient (Wildman–Crippen LogP) is 3.88. The number of carbonyl (C=O) groups is 1. The molecule has 1 aliphatic rings. The number of fused-ring (bicyclic) bond motifs is 1. The van der Waals surface area contributed by atoms with Crippen LogP contribution in [0.2, 0.25) is 0 Å². The van der Waals surface area contributed by atoms with Crippen LogP contribution < -0.4 is 14.8 Å². The second kappa shape index (κ2) is 11.3.